The van der Waals surface area contributed by atoms with Crippen molar-refractivity contribution in [3.63, 3.8) is 0 Å². The number of fused-ring (bicyclic) bond motifs is 1. The Kier molecular flexibility index (Phi) is 7.14. The van der Waals surface area contributed by atoms with E-state index in [9.17, 15) is 9.59 Å². The average Bonchev–Trinajstić information content (AvgIpc) is 2.82. The van der Waals surface area contributed by atoms with Gasteiger partial charge in [0.2, 0.25) is 5.91 Å². The zero-order chi connectivity index (χ0) is 22.2. The molecular weight excluding hydrogens is 428 g/mol. The van der Waals surface area contributed by atoms with Crippen LogP contribution >= 0.6 is 11.8 Å². The Labute approximate surface area is 190 Å². The quantitative estimate of drug-likeness (QED) is 0.500. The molecule has 0 spiro atoms. The third-order valence-corrected chi connectivity index (χ3v) is 5.42. The highest BCUT2D eigenvalue weighted by molar-refractivity contribution is 8.00. The first-order valence-corrected chi connectivity index (χ1v) is 11.0. The molecule has 7 nitrogen and oxygen atoms in total. The van der Waals surface area contributed by atoms with Crippen LogP contribution in [0.25, 0.3) is 0 Å². The van der Waals surface area contributed by atoms with Crippen LogP contribution in [0.1, 0.15) is 0 Å². The Bertz CT molecular complexity index is 1090. The molecule has 0 aromatic heterocycles. The van der Waals surface area contributed by atoms with Crippen LogP contribution in [0.2, 0.25) is 0 Å². The van der Waals surface area contributed by atoms with Crippen molar-refractivity contribution >= 4 is 35.0 Å². The minimum absolute atomic E-state index is 0.0840. The SMILES string of the molecule is O=C(COc1ccccc1)Nc1cccc(SCC(=O)Nc2ccc3c(c2)OCCO3)c1. The maximum Gasteiger partial charge on any atom is 0.262 e. The Balaban J connectivity index is 1.25. The predicted octanol–water partition coefficient (Wildman–Crippen LogP) is 4.21. The molecule has 164 valence electrons. The highest BCUT2D eigenvalue weighted by Crippen LogP contribution is 2.32. The van der Waals surface area contributed by atoms with Crippen molar-refractivity contribution in [1.82, 2.24) is 0 Å². The van der Waals surface area contributed by atoms with Crippen molar-refractivity contribution in [3.8, 4) is 17.2 Å². The smallest absolute Gasteiger partial charge is 0.262 e. The molecule has 1 aliphatic heterocycles. The molecule has 2 N–H and O–H groups in total. The number of carbonyl (C=O) groups is 2. The molecule has 8 heteroatoms. The van der Waals surface area contributed by atoms with Gasteiger partial charge in [-0.05, 0) is 42.5 Å². The van der Waals surface area contributed by atoms with Gasteiger partial charge in [-0.1, -0.05) is 24.3 Å². The van der Waals surface area contributed by atoms with Crippen LogP contribution in [-0.2, 0) is 9.59 Å². The summed E-state index contributed by atoms with van der Waals surface area (Å²) in [7, 11) is 0. The third-order valence-electron chi connectivity index (χ3n) is 4.43. The molecule has 2 amide bonds. The number of para-hydroxylation sites is 1. The number of ether oxygens (including phenoxy) is 3. The minimum atomic E-state index is -0.257. The van der Waals surface area contributed by atoms with Gasteiger partial charge in [0.15, 0.2) is 18.1 Å². The number of carbonyl (C=O) groups excluding carboxylic acids is 2. The van der Waals surface area contributed by atoms with Gasteiger partial charge in [-0.2, -0.15) is 0 Å². The summed E-state index contributed by atoms with van der Waals surface area (Å²) in [5.74, 6) is 1.77. The van der Waals surface area contributed by atoms with Crippen molar-refractivity contribution in [2.45, 2.75) is 4.90 Å². The number of hydrogen-bond donors (Lipinski definition) is 2. The molecule has 0 fully saturated rings. The van der Waals surface area contributed by atoms with Crippen molar-refractivity contribution in [3.05, 3.63) is 72.8 Å². The van der Waals surface area contributed by atoms with E-state index >= 15 is 0 Å². The third kappa shape index (κ3) is 6.18. The molecule has 0 saturated carbocycles. The fourth-order valence-corrected chi connectivity index (χ4v) is 3.75. The maximum atomic E-state index is 12.3. The van der Waals surface area contributed by atoms with Gasteiger partial charge in [-0.15, -0.1) is 11.8 Å². The highest BCUT2D eigenvalue weighted by atomic mass is 32.2. The summed E-state index contributed by atoms with van der Waals surface area (Å²) in [6, 6.07) is 21.8. The molecule has 0 atom stereocenters. The van der Waals surface area contributed by atoms with E-state index in [2.05, 4.69) is 10.6 Å². The van der Waals surface area contributed by atoms with E-state index in [0.717, 1.165) is 4.90 Å². The lowest BCUT2D eigenvalue weighted by Crippen LogP contribution is -2.20. The van der Waals surface area contributed by atoms with Crippen LogP contribution in [0.4, 0.5) is 11.4 Å². The van der Waals surface area contributed by atoms with E-state index in [4.69, 9.17) is 14.2 Å². The van der Waals surface area contributed by atoms with E-state index in [0.29, 0.717) is 41.8 Å². The molecular formula is C24H22N2O5S. The second-order valence-electron chi connectivity index (χ2n) is 6.87. The lowest BCUT2D eigenvalue weighted by molar-refractivity contribution is -0.118. The van der Waals surface area contributed by atoms with Crippen molar-refractivity contribution < 1.29 is 23.8 Å². The lowest BCUT2D eigenvalue weighted by atomic mass is 10.2. The summed E-state index contributed by atoms with van der Waals surface area (Å²) < 4.78 is 16.5. The number of rotatable bonds is 8. The molecule has 0 saturated heterocycles. The first-order chi connectivity index (χ1) is 15.7. The van der Waals surface area contributed by atoms with Crippen LogP contribution < -0.4 is 24.8 Å². The standard InChI is InChI=1S/C24H22N2O5S/c27-23(15-31-19-6-2-1-3-7-19)25-17-5-4-8-20(13-17)32-16-24(28)26-18-9-10-21-22(14-18)30-12-11-29-21/h1-10,13-14H,11-12,15-16H2,(H,25,27)(H,26,28). The van der Waals surface area contributed by atoms with Gasteiger partial charge >= 0.3 is 0 Å². The molecule has 3 aromatic carbocycles. The molecule has 4 rings (SSSR count). The topological polar surface area (TPSA) is 85.9 Å². The van der Waals surface area contributed by atoms with E-state index in [1.807, 2.05) is 36.4 Å². The number of anilines is 2. The summed E-state index contributed by atoms with van der Waals surface area (Å²) in [5, 5.41) is 5.67. The number of nitrogens with one attached hydrogen (secondary N) is 2. The first-order valence-electron chi connectivity index (χ1n) is 10.1. The molecule has 1 heterocycles. The zero-order valence-electron chi connectivity index (χ0n) is 17.2. The Morgan fingerprint density at radius 1 is 0.812 bits per heavy atom. The Morgan fingerprint density at radius 2 is 1.56 bits per heavy atom. The number of thioether (sulfide) groups is 1. The Hall–Kier alpha value is -3.65. The molecule has 3 aromatic rings. The summed E-state index contributed by atoms with van der Waals surface area (Å²) in [5.41, 5.74) is 1.29. The van der Waals surface area contributed by atoms with Crippen LogP contribution in [0.5, 0.6) is 17.2 Å². The van der Waals surface area contributed by atoms with Gasteiger partial charge in [0, 0.05) is 22.3 Å². The second-order valence-corrected chi connectivity index (χ2v) is 7.92. The highest BCUT2D eigenvalue weighted by Gasteiger charge is 2.13. The summed E-state index contributed by atoms with van der Waals surface area (Å²) in [6.07, 6.45) is 0. The molecule has 0 aliphatic carbocycles. The lowest BCUT2D eigenvalue weighted by Gasteiger charge is -2.19. The van der Waals surface area contributed by atoms with Crippen LogP contribution in [0.15, 0.2) is 77.7 Å². The first kappa shape index (κ1) is 21.6. The zero-order valence-corrected chi connectivity index (χ0v) is 18.0. The van der Waals surface area contributed by atoms with Crippen LogP contribution in [0.3, 0.4) is 0 Å². The summed E-state index contributed by atoms with van der Waals surface area (Å²) in [4.78, 5) is 25.4. The van der Waals surface area contributed by atoms with Gasteiger partial charge in [0.1, 0.15) is 19.0 Å². The number of hydrogen-bond acceptors (Lipinski definition) is 6. The van der Waals surface area contributed by atoms with Crippen molar-refractivity contribution in [2.24, 2.45) is 0 Å². The van der Waals surface area contributed by atoms with E-state index in [-0.39, 0.29) is 24.2 Å². The normalized spacial score (nSPS) is 12.0. The largest absolute Gasteiger partial charge is 0.486 e. The number of benzene rings is 3. The van der Waals surface area contributed by atoms with Crippen molar-refractivity contribution in [1.29, 1.82) is 0 Å². The monoisotopic (exact) mass is 450 g/mol. The van der Waals surface area contributed by atoms with Crippen molar-refractivity contribution in [2.75, 3.05) is 36.2 Å². The maximum absolute atomic E-state index is 12.3. The minimum Gasteiger partial charge on any atom is -0.486 e. The predicted molar refractivity (Wildman–Crippen MR) is 124 cm³/mol. The van der Waals surface area contributed by atoms with E-state index < -0.39 is 0 Å². The van der Waals surface area contributed by atoms with Crippen LogP contribution in [0, 0.1) is 0 Å². The molecule has 1 aliphatic rings. The fraction of sp³-hybridized carbons (Fsp3) is 0.167. The molecule has 32 heavy (non-hydrogen) atoms. The molecule has 0 radical (unpaired) electrons. The van der Waals surface area contributed by atoms with Gasteiger partial charge in [-0.25, -0.2) is 0 Å². The van der Waals surface area contributed by atoms with Gasteiger partial charge in [0.05, 0.1) is 5.75 Å². The average molecular weight is 451 g/mol. The van der Waals surface area contributed by atoms with Gasteiger partial charge in [0.25, 0.3) is 5.91 Å². The molecule has 0 bridgehead atoms. The summed E-state index contributed by atoms with van der Waals surface area (Å²) in [6.45, 7) is 0.930. The van der Waals surface area contributed by atoms with E-state index in [1.54, 1.807) is 36.4 Å². The molecule has 0 unspecified atom stereocenters. The van der Waals surface area contributed by atoms with Gasteiger partial charge in [-0.3, -0.25) is 9.59 Å². The van der Waals surface area contributed by atoms with E-state index in [1.165, 1.54) is 11.8 Å². The second kappa shape index (κ2) is 10.6. The summed E-state index contributed by atoms with van der Waals surface area (Å²) >= 11 is 1.38. The van der Waals surface area contributed by atoms with Crippen LogP contribution in [-0.4, -0.2) is 37.4 Å². The Morgan fingerprint density at radius 3 is 2.41 bits per heavy atom. The number of amides is 2. The fourth-order valence-electron chi connectivity index (χ4n) is 2.99. The van der Waals surface area contributed by atoms with Gasteiger partial charge < -0.3 is 24.8 Å².